The molecule has 3 saturated heterocycles. The highest BCUT2D eigenvalue weighted by Gasteiger charge is 2.85. The van der Waals surface area contributed by atoms with E-state index in [1.165, 1.54) is 0 Å². The minimum atomic E-state index is -1.65. The van der Waals surface area contributed by atoms with E-state index in [0.717, 1.165) is 0 Å². The van der Waals surface area contributed by atoms with E-state index in [0.29, 0.717) is 18.6 Å². The number of rotatable bonds is 0. The summed E-state index contributed by atoms with van der Waals surface area (Å²) in [6.07, 6.45) is -0.127. The third-order valence-electron chi connectivity index (χ3n) is 7.00. The highest BCUT2D eigenvalue weighted by molar-refractivity contribution is 5.38. The molecule has 0 aromatic heterocycles. The maximum absolute atomic E-state index is 10.9. The summed E-state index contributed by atoms with van der Waals surface area (Å²) >= 11 is 0. The van der Waals surface area contributed by atoms with E-state index >= 15 is 0 Å². The maximum Gasteiger partial charge on any atom is 0.215 e. The Morgan fingerprint density at radius 3 is 2.62 bits per heavy atom. The summed E-state index contributed by atoms with van der Waals surface area (Å²) in [5, 5.41) is 32.0. The van der Waals surface area contributed by atoms with E-state index in [4.69, 9.17) is 14.2 Å². The van der Waals surface area contributed by atoms with E-state index in [2.05, 4.69) is 0 Å². The Kier molecular flexibility index (Phi) is 1.99. The van der Waals surface area contributed by atoms with Gasteiger partial charge < -0.3 is 29.5 Å². The minimum absolute atomic E-state index is 0.199. The van der Waals surface area contributed by atoms with Gasteiger partial charge in [-0.1, -0.05) is 13.0 Å². The van der Waals surface area contributed by atoms with Crippen LogP contribution < -0.4 is 0 Å². The van der Waals surface area contributed by atoms with Gasteiger partial charge in [-0.3, -0.25) is 0 Å². The van der Waals surface area contributed by atoms with E-state index in [1.54, 1.807) is 6.92 Å². The van der Waals surface area contributed by atoms with Crippen LogP contribution in [-0.2, 0) is 14.2 Å². The SMILES string of the molecule is CC1=C[C@H]2O[C@@H]3[C@H](O)C[C@](C)([C@]24CO[C@@]1(O)[C@H]4O)[C@]31CO1. The van der Waals surface area contributed by atoms with Crippen molar-refractivity contribution >= 4 is 0 Å². The Bertz CT molecular complexity index is 571. The van der Waals surface area contributed by atoms with Crippen molar-refractivity contribution in [3.8, 4) is 0 Å². The van der Waals surface area contributed by atoms with Gasteiger partial charge in [-0.25, -0.2) is 0 Å². The van der Waals surface area contributed by atoms with Gasteiger partial charge in [-0.15, -0.1) is 0 Å². The molecular formula is C15H20O6. The van der Waals surface area contributed by atoms with Gasteiger partial charge in [0.2, 0.25) is 5.79 Å². The van der Waals surface area contributed by atoms with Gasteiger partial charge in [0.15, 0.2) is 0 Å². The first-order valence-electron chi connectivity index (χ1n) is 7.53. The molecule has 5 rings (SSSR count). The van der Waals surface area contributed by atoms with Crippen LogP contribution in [0, 0.1) is 10.8 Å². The van der Waals surface area contributed by atoms with Crippen LogP contribution >= 0.6 is 0 Å². The second-order valence-electron chi connectivity index (χ2n) is 7.54. The number of aliphatic hydroxyl groups is 3. The molecule has 3 heterocycles. The quantitative estimate of drug-likeness (QED) is 0.405. The van der Waals surface area contributed by atoms with Gasteiger partial charge >= 0.3 is 0 Å². The first-order chi connectivity index (χ1) is 9.82. The molecule has 6 heteroatoms. The molecule has 0 radical (unpaired) electrons. The lowest BCUT2D eigenvalue weighted by molar-refractivity contribution is -0.245. The van der Waals surface area contributed by atoms with Crippen molar-refractivity contribution in [1.29, 1.82) is 0 Å². The van der Waals surface area contributed by atoms with E-state index in [1.807, 2.05) is 13.0 Å². The van der Waals surface area contributed by atoms with Crippen LogP contribution in [0.1, 0.15) is 20.3 Å². The predicted molar refractivity (Wildman–Crippen MR) is 69.2 cm³/mol. The van der Waals surface area contributed by atoms with Crippen molar-refractivity contribution in [2.75, 3.05) is 13.2 Å². The van der Waals surface area contributed by atoms with Gasteiger partial charge in [-0.2, -0.15) is 0 Å². The molecule has 4 fully saturated rings. The molecular weight excluding hydrogens is 276 g/mol. The number of ether oxygens (including phenoxy) is 3. The van der Waals surface area contributed by atoms with Gasteiger partial charge in [-0.05, 0) is 18.9 Å². The third kappa shape index (κ3) is 1.02. The van der Waals surface area contributed by atoms with Crippen molar-refractivity contribution in [3.05, 3.63) is 11.6 Å². The molecule has 0 unspecified atom stereocenters. The number of hydrogen-bond acceptors (Lipinski definition) is 6. The van der Waals surface area contributed by atoms with Crippen molar-refractivity contribution < 1.29 is 29.5 Å². The molecule has 0 aromatic rings. The second-order valence-corrected chi connectivity index (χ2v) is 7.54. The highest BCUT2D eigenvalue weighted by Crippen LogP contribution is 2.73. The van der Waals surface area contributed by atoms with Gasteiger partial charge in [0, 0.05) is 5.41 Å². The molecule has 0 amide bonds. The molecule has 1 saturated carbocycles. The summed E-state index contributed by atoms with van der Waals surface area (Å²) in [5.41, 5.74) is -1.27. The van der Waals surface area contributed by atoms with Crippen LogP contribution in [0.2, 0.25) is 0 Å². The van der Waals surface area contributed by atoms with Crippen molar-refractivity contribution in [1.82, 2.24) is 0 Å². The average Bonchev–Trinajstić information content (AvgIpc) is 3.15. The largest absolute Gasteiger partial charge is 0.390 e. The molecule has 116 valence electrons. The standard InChI is InChI=1S/C15H20O6/c1-7-3-9-13(5-20-15(7,18)11(13)17)12(2)4-8(16)10(21-9)14(12)6-19-14/h3,8-11,16-18H,4-6H2,1-2H3/t8-,9-,10-,11+,12-,13-,14+,15-/m1/s1. The normalized spacial score (nSPS) is 67.2. The molecule has 3 aliphatic heterocycles. The number of hydrogen-bond donors (Lipinski definition) is 3. The zero-order valence-electron chi connectivity index (χ0n) is 12.1. The van der Waals surface area contributed by atoms with Crippen molar-refractivity contribution in [2.45, 2.75) is 56.1 Å². The van der Waals surface area contributed by atoms with Gasteiger partial charge in [0.1, 0.15) is 17.8 Å². The third-order valence-corrected chi connectivity index (χ3v) is 7.00. The summed E-state index contributed by atoms with van der Waals surface area (Å²) in [6, 6.07) is 0. The lowest BCUT2D eigenvalue weighted by Crippen LogP contribution is -2.69. The average molecular weight is 296 g/mol. The Labute approximate surface area is 122 Å². The fraction of sp³-hybridized carbons (Fsp3) is 0.867. The van der Waals surface area contributed by atoms with Crippen LogP contribution in [0.15, 0.2) is 11.6 Å². The number of aliphatic hydroxyl groups excluding tert-OH is 2. The Morgan fingerprint density at radius 2 is 1.95 bits per heavy atom. The maximum atomic E-state index is 10.9. The number of epoxide rings is 1. The monoisotopic (exact) mass is 296 g/mol. The smallest absolute Gasteiger partial charge is 0.215 e. The first kappa shape index (κ1) is 13.0. The molecule has 3 N–H and O–H groups in total. The van der Waals surface area contributed by atoms with Crippen LogP contribution in [0.5, 0.6) is 0 Å². The van der Waals surface area contributed by atoms with Crippen LogP contribution in [0.25, 0.3) is 0 Å². The molecule has 4 bridgehead atoms. The Hall–Kier alpha value is -0.500. The Balaban J connectivity index is 1.76. The fourth-order valence-corrected chi connectivity index (χ4v) is 5.56. The molecule has 5 aliphatic rings. The summed E-state index contributed by atoms with van der Waals surface area (Å²) in [6.45, 7) is 4.49. The summed E-state index contributed by atoms with van der Waals surface area (Å²) in [7, 11) is 0. The summed E-state index contributed by atoms with van der Waals surface area (Å²) in [4.78, 5) is 0. The molecule has 6 nitrogen and oxygen atoms in total. The predicted octanol–water partition coefficient (Wildman–Crippen LogP) is -0.680. The van der Waals surface area contributed by atoms with Gasteiger partial charge in [0.25, 0.3) is 0 Å². The van der Waals surface area contributed by atoms with E-state index in [-0.39, 0.29) is 18.8 Å². The van der Waals surface area contributed by atoms with Crippen LogP contribution in [-0.4, -0.2) is 64.3 Å². The molecule has 8 atom stereocenters. The van der Waals surface area contributed by atoms with Crippen molar-refractivity contribution in [3.63, 3.8) is 0 Å². The summed E-state index contributed by atoms with van der Waals surface area (Å²) in [5.74, 6) is -1.65. The lowest BCUT2D eigenvalue weighted by Gasteiger charge is -2.57. The minimum Gasteiger partial charge on any atom is -0.390 e. The van der Waals surface area contributed by atoms with E-state index in [9.17, 15) is 15.3 Å². The molecule has 2 spiro atoms. The van der Waals surface area contributed by atoms with Crippen LogP contribution in [0.4, 0.5) is 0 Å². The Morgan fingerprint density at radius 1 is 1.24 bits per heavy atom. The zero-order valence-corrected chi connectivity index (χ0v) is 12.1. The highest BCUT2D eigenvalue weighted by atomic mass is 16.7. The summed E-state index contributed by atoms with van der Waals surface area (Å²) < 4.78 is 17.5. The zero-order chi connectivity index (χ0) is 14.8. The van der Waals surface area contributed by atoms with E-state index < -0.39 is 34.4 Å². The van der Waals surface area contributed by atoms with Gasteiger partial charge in [0.05, 0.1) is 30.8 Å². The van der Waals surface area contributed by atoms with Crippen molar-refractivity contribution in [2.24, 2.45) is 10.8 Å². The fourth-order valence-electron chi connectivity index (χ4n) is 5.56. The first-order valence-corrected chi connectivity index (χ1v) is 7.53. The molecule has 2 aliphatic carbocycles. The molecule has 0 aromatic carbocycles. The number of fused-ring (bicyclic) bond motifs is 1. The van der Waals surface area contributed by atoms with Crippen LogP contribution in [0.3, 0.4) is 0 Å². The topological polar surface area (TPSA) is 91.7 Å². The molecule has 21 heavy (non-hydrogen) atoms. The second kappa shape index (κ2) is 3.22. The lowest BCUT2D eigenvalue weighted by atomic mass is 9.51.